The molecule has 18 heavy (non-hydrogen) atoms. The van der Waals surface area contributed by atoms with Crippen LogP contribution < -0.4 is 0 Å². The van der Waals surface area contributed by atoms with Crippen molar-refractivity contribution in [3.8, 4) is 0 Å². The Morgan fingerprint density at radius 1 is 1.11 bits per heavy atom. The Morgan fingerprint density at radius 3 is 2.72 bits per heavy atom. The van der Waals surface area contributed by atoms with E-state index in [4.69, 9.17) is 9.47 Å². The number of benzene rings is 1. The summed E-state index contributed by atoms with van der Waals surface area (Å²) in [5, 5.41) is 10.6. The van der Waals surface area contributed by atoms with E-state index in [9.17, 15) is 5.11 Å². The fraction of sp³-hybridized carbons (Fsp3) is 0.600. The molecule has 1 aromatic rings. The van der Waals surface area contributed by atoms with E-state index in [1.165, 1.54) is 0 Å². The van der Waals surface area contributed by atoms with Crippen LogP contribution in [0.15, 0.2) is 30.3 Å². The van der Waals surface area contributed by atoms with Crippen molar-refractivity contribution in [1.82, 2.24) is 0 Å². The summed E-state index contributed by atoms with van der Waals surface area (Å²) in [5.74, 6) is -1.06. The molecule has 1 N–H and O–H groups in total. The van der Waals surface area contributed by atoms with Gasteiger partial charge < -0.3 is 14.6 Å². The molecule has 0 aromatic heterocycles. The van der Waals surface area contributed by atoms with Crippen molar-refractivity contribution in [3.63, 3.8) is 0 Å². The Balaban J connectivity index is 1.73. The second kappa shape index (κ2) is 4.65. The third-order valence-electron chi connectivity index (χ3n) is 4.26. The monoisotopic (exact) mass is 248 g/mol. The first-order chi connectivity index (χ1) is 8.74. The number of aliphatic hydroxyl groups is 1. The fourth-order valence-electron chi connectivity index (χ4n) is 3.16. The van der Waals surface area contributed by atoms with Gasteiger partial charge in [-0.3, -0.25) is 0 Å². The zero-order chi connectivity index (χ0) is 12.5. The van der Waals surface area contributed by atoms with E-state index in [-0.39, 0.29) is 0 Å². The number of rotatable bonds is 3. The summed E-state index contributed by atoms with van der Waals surface area (Å²) in [6.07, 6.45) is 4.53. The van der Waals surface area contributed by atoms with Gasteiger partial charge in [0.15, 0.2) is 5.79 Å². The highest BCUT2D eigenvalue weighted by Gasteiger charge is 2.57. The fourth-order valence-corrected chi connectivity index (χ4v) is 3.16. The van der Waals surface area contributed by atoms with Gasteiger partial charge >= 0.3 is 0 Å². The van der Waals surface area contributed by atoms with Gasteiger partial charge in [-0.05, 0) is 18.4 Å². The third-order valence-corrected chi connectivity index (χ3v) is 4.26. The average molecular weight is 248 g/mol. The van der Waals surface area contributed by atoms with Crippen molar-refractivity contribution in [2.45, 2.75) is 50.1 Å². The largest absolute Gasteiger partial charge is 0.365 e. The molecule has 3 rings (SSSR count). The minimum Gasteiger partial charge on any atom is -0.365 e. The number of fused-ring (bicyclic) bond motifs is 1. The summed E-state index contributed by atoms with van der Waals surface area (Å²) in [6.45, 7) is 1.15. The summed E-state index contributed by atoms with van der Waals surface area (Å²) < 4.78 is 11.7. The van der Waals surface area contributed by atoms with E-state index in [0.29, 0.717) is 19.6 Å². The molecule has 98 valence electrons. The van der Waals surface area contributed by atoms with Crippen molar-refractivity contribution in [2.75, 3.05) is 6.61 Å². The molecule has 3 nitrogen and oxygen atoms in total. The van der Waals surface area contributed by atoms with Gasteiger partial charge in [0.2, 0.25) is 0 Å². The molecule has 1 aromatic carbocycles. The van der Waals surface area contributed by atoms with Gasteiger partial charge in [-0.1, -0.05) is 36.8 Å². The first kappa shape index (κ1) is 12.2. The van der Waals surface area contributed by atoms with Gasteiger partial charge in [0.05, 0.1) is 13.2 Å². The summed E-state index contributed by atoms with van der Waals surface area (Å²) in [7, 11) is 0. The van der Waals surface area contributed by atoms with Crippen molar-refractivity contribution < 1.29 is 14.6 Å². The highest BCUT2D eigenvalue weighted by molar-refractivity contribution is 5.14. The molecular formula is C15H20O3. The lowest BCUT2D eigenvalue weighted by Crippen LogP contribution is -2.54. The van der Waals surface area contributed by atoms with Crippen LogP contribution in [-0.4, -0.2) is 23.1 Å². The van der Waals surface area contributed by atoms with E-state index in [1.807, 2.05) is 30.3 Å². The second-order valence-corrected chi connectivity index (χ2v) is 5.36. The molecule has 2 fully saturated rings. The first-order valence-corrected chi connectivity index (χ1v) is 6.78. The summed E-state index contributed by atoms with van der Waals surface area (Å²) >= 11 is 0. The lowest BCUT2D eigenvalue weighted by Gasteiger charge is -2.43. The van der Waals surface area contributed by atoms with Gasteiger partial charge in [-0.2, -0.15) is 0 Å². The second-order valence-electron chi connectivity index (χ2n) is 5.36. The SMILES string of the molecule is O[C@]12CCCC[C@@]1(OCc1ccccc1)CCO2. The molecule has 1 saturated carbocycles. The summed E-state index contributed by atoms with van der Waals surface area (Å²) in [5.41, 5.74) is 0.660. The molecule has 0 bridgehead atoms. The van der Waals surface area contributed by atoms with Crippen molar-refractivity contribution in [1.29, 1.82) is 0 Å². The Kier molecular flexibility index (Phi) is 3.14. The molecule has 1 aliphatic carbocycles. The molecule has 3 heteroatoms. The zero-order valence-electron chi connectivity index (χ0n) is 10.6. The molecule has 1 aliphatic heterocycles. The Bertz CT molecular complexity index is 405. The van der Waals surface area contributed by atoms with E-state index < -0.39 is 11.4 Å². The quantitative estimate of drug-likeness (QED) is 0.893. The van der Waals surface area contributed by atoms with Crippen LogP contribution in [0.25, 0.3) is 0 Å². The third kappa shape index (κ3) is 1.96. The van der Waals surface area contributed by atoms with Crippen LogP contribution in [0.1, 0.15) is 37.7 Å². The minimum atomic E-state index is -1.06. The first-order valence-electron chi connectivity index (χ1n) is 6.78. The number of hydrogen-bond donors (Lipinski definition) is 1. The van der Waals surface area contributed by atoms with Crippen molar-refractivity contribution in [3.05, 3.63) is 35.9 Å². The lowest BCUT2D eigenvalue weighted by atomic mass is 9.78. The van der Waals surface area contributed by atoms with Crippen LogP contribution in [0.5, 0.6) is 0 Å². The molecular weight excluding hydrogens is 228 g/mol. The normalized spacial score (nSPS) is 35.4. The maximum Gasteiger partial charge on any atom is 0.195 e. The van der Waals surface area contributed by atoms with Crippen LogP contribution in [-0.2, 0) is 16.1 Å². The molecule has 2 atom stereocenters. The Morgan fingerprint density at radius 2 is 1.89 bits per heavy atom. The molecule has 2 aliphatic rings. The smallest absolute Gasteiger partial charge is 0.195 e. The van der Waals surface area contributed by atoms with Crippen LogP contribution in [0.2, 0.25) is 0 Å². The predicted molar refractivity (Wildman–Crippen MR) is 67.9 cm³/mol. The van der Waals surface area contributed by atoms with Crippen molar-refractivity contribution in [2.24, 2.45) is 0 Å². The Hall–Kier alpha value is -0.900. The van der Waals surface area contributed by atoms with Crippen LogP contribution in [0.3, 0.4) is 0 Å². The Labute approximate surface area is 108 Å². The van der Waals surface area contributed by atoms with Crippen LogP contribution >= 0.6 is 0 Å². The molecule has 0 amide bonds. The van der Waals surface area contributed by atoms with E-state index in [0.717, 1.165) is 31.2 Å². The average Bonchev–Trinajstić information content (AvgIpc) is 2.75. The van der Waals surface area contributed by atoms with Gasteiger partial charge in [-0.25, -0.2) is 0 Å². The molecule has 1 heterocycles. The maximum atomic E-state index is 10.6. The summed E-state index contributed by atoms with van der Waals surface area (Å²) in [4.78, 5) is 0. The van der Waals surface area contributed by atoms with E-state index in [1.54, 1.807) is 0 Å². The standard InChI is InChI=1S/C15H20O3/c16-15-9-5-4-8-14(15,10-11-17-15)18-12-13-6-2-1-3-7-13/h1-3,6-7,16H,4-5,8-12H2/t14-,15+/m1/s1. The topological polar surface area (TPSA) is 38.7 Å². The van der Waals surface area contributed by atoms with Crippen LogP contribution in [0, 0.1) is 0 Å². The van der Waals surface area contributed by atoms with Gasteiger partial charge in [0.1, 0.15) is 5.60 Å². The predicted octanol–water partition coefficient (Wildman–Crippen LogP) is 2.62. The molecule has 0 spiro atoms. The van der Waals surface area contributed by atoms with Crippen molar-refractivity contribution >= 4 is 0 Å². The zero-order valence-corrected chi connectivity index (χ0v) is 10.6. The maximum absolute atomic E-state index is 10.6. The van der Waals surface area contributed by atoms with Gasteiger partial charge in [0.25, 0.3) is 0 Å². The highest BCUT2D eigenvalue weighted by Crippen LogP contribution is 2.47. The van der Waals surface area contributed by atoms with E-state index in [2.05, 4.69) is 0 Å². The minimum absolute atomic E-state index is 0.485. The van der Waals surface area contributed by atoms with E-state index >= 15 is 0 Å². The number of ether oxygens (including phenoxy) is 2. The van der Waals surface area contributed by atoms with Crippen LogP contribution in [0.4, 0.5) is 0 Å². The van der Waals surface area contributed by atoms with Gasteiger partial charge in [-0.15, -0.1) is 0 Å². The summed E-state index contributed by atoms with van der Waals surface area (Å²) in [6, 6.07) is 10.1. The van der Waals surface area contributed by atoms with Gasteiger partial charge in [0, 0.05) is 12.8 Å². The number of hydrogen-bond acceptors (Lipinski definition) is 3. The molecule has 1 saturated heterocycles. The molecule has 0 radical (unpaired) electrons. The highest BCUT2D eigenvalue weighted by atomic mass is 16.7. The molecule has 0 unspecified atom stereocenters. The lowest BCUT2D eigenvalue weighted by molar-refractivity contribution is -0.287.